The Bertz CT molecular complexity index is 388. The van der Waals surface area contributed by atoms with Crippen molar-refractivity contribution in [2.75, 3.05) is 44.1 Å². The summed E-state index contributed by atoms with van der Waals surface area (Å²) in [7, 11) is 3.45. The molecule has 0 amide bonds. The molecule has 7 heteroatoms. The standard InChI is InChI=1S/C12H23N5O2/c1-6-17(9(3)8-18-5)11-14-10(13-4)15-12(16-11)19-7-2/h9H,6-8H2,1-5H3,(H,13,14,15,16). The van der Waals surface area contributed by atoms with E-state index in [1.54, 1.807) is 14.2 Å². The fourth-order valence-electron chi connectivity index (χ4n) is 1.76. The molecule has 0 bridgehead atoms. The molecule has 1 aromatic rings. The monoisotopic (exact) mass is 269 g/mol. The van der Waals surface area contributed by atoms with Crippen molar-refractivity contribution >= 4 is 11.9 Å². The van der Waals surface area contributed by atoms with Gasteiger partial charge in [0.1, 0.15) is 0 Å². The fourth-order valence-corrected chi connectivity index (χ4v) is 1.76. The molecule has 0 aliphatic carbocycles. The van der Waals surface area contributed by atoms with E-state index in [1.165, 1.54) is 0 Å². The molecule has 1 heterocycles. The van der Waals surface area contributed by atoms with Gasteiger partial charge in [0.05, 0.1) is 19.3 Å². The number of anilines is 2. The molecule has 7 nitrogen and oxygen atoms in total. The van der Waals surface area contributed by atoms with E-state index in [1.807, 2.05) is 6.92 Å². The number of rotatable bonds is 8. The van der Waals surface area contributed by atoms with Crippen molar-refractivity contribution in [3.05, 3.63) is 0 Å². The van der Waals surface area contributed by atoms with E-state index in [9.17, 15) is 0 Å². The van der Waals surface area contributed by atoms with Gasteiger partial charge in [0.25, 0.3) is 0 Å². The number of hydrogen-bond acceptors (Lipinski definition) is 7. The van der Waals surface area contributed by atoms with Crippen LogP contribution in [0.3, 0.4) is 0 Å². The van der Waals surface area contributed by atoms with Crippen molar-refractivity contribution in [2.45, 2.75) is 26.8 Å². The lowest BCUT2D eigenvalue weighted by molar-refractivity contribution is 0.181. The molecule has 0 saturated heterocycles. The Morgan fingerprint density at radius 3 is 2.53 bits per heavy atom. The van der Waals surface area contributed by atoms with Crippen LogP contribution >= 0.6 is 0 Å². The smallest absolute Gasteiger partial charge is 0.323 e. The molecule has 108 valence electrons. The number of methoxy groups -OCH3 is 1. The van der Waals surface area contributed by atoms with Gasteiger partial charge in [-0.05, 0) is 20.8 Å². The third-order valence-corrected chi connectivity index (χ3v) is 2.64. The molecule has 0 spiro atoms. The minimum absolute atomic E-state index is 0.177. The Morgan fingerprint density at radius 2 is 2.00 bits per heavy atom. The van der Waals surface area contributed by atoms with Gasteiger partial charge in [0.2, 0.25) is 11.9 Å². The molecule has 1 rings (SSSR count). The Morgan fingerprint density at radius 1 is 1.26 bits per heavy atom. The van der Waals surface area contributed by atoms with Gasteiger partial charge >= 0.3 is 6.01 Å². The molecule has 0 saturated carbocycles. The van der Waals surface area contributed by atoms with Crippen LogP contribution in [0.5, 0.6) is 6.01 Å². The van der Waals surface area contributed by atoms with Crippen molar-refractivity contribution in [1.29, 1.82) is 0 Å². The summed E-state index contributed by atoms with van der Waals surface area (Å²) in [5.74, 6) is 1.09. The Labute approximate surface area is 114 Å². The van der Waals surface area contributed by atoms with E-state index in [0.29, 0.717) is 31.1 Å². The number of ether oxygens (including phenoxy) is 2. The van der Waals surface area contributed by atoms with E-state index < -0.39 is 0 Å². The normalized spacial score (nSPS) is 12.1. The van der Waals surface area contributed by atoms with E-state index in [2.05, 4.69) is 39.0 Å². The van der Waals surface area contributed by atoms with Crippen LogP contribution in [0.25, 0.3) is 0 Å². The number of nitrogens with one attached hydrogen (secondary N) is 1. The zero-order valence-corrected chi connectivity index (χ0v) is 12.3. The highest BCUT2D eigenvalue weighted by Crippen LogP contribution is 2.17. The Kier molecular flexibility index (Phi) is 6.27. The van der Waals surface area contributed by atoms with E-state index in [-0.39, 0.29) is 6.04 Å². The summed E-state index contributed by atoms with van der Waals surface area (Å²) in [4.78, 5) is 14.9. The molecule has 1 aromatic heterocycles. The van der Waals surface area contributed by atoms with Crippen LogP contribution in [0.4, 0.5) is 11.9 Å². The van der Waals surface area contributed by atoms with Crippen molar-refractivity contribution < 1.29 is 9.47 Å². The summed E-state index contributed by atoms with van der Waals surface area (Å²) in [6.45, 7) is 7.92. The molecule has 19 heavy (non-hydrogen) atoms. The summed E-state index contributed by atoms with van der Waals surface area (Å²) in [5.41, 5.74) is 0. The second kappa shape index (κ2) is 7.73. The van der Waals surface area contributed by atoms with Gasteiger partial charge in [-0.2, -0.15) is 15.0 Å². The van der Waals surface area contributed by atoms with Crippen molar-refractivity contribution in [2.24, 2.45) is 0 Å². The average Bonchev–Trinajstić information content (AvgIpc) is 2.40. The number of aromatic nitrogens is 3. The molecular weight excluding hydrogens is 246 g/mol. The zero-order chi connectivity index (χ0) is 14.3. The van der Waals surface area contributed by atoms with Gasteiger partial charge in [0, 0.05) is 20.7 Å². The molecule has 0 aliphatic heterocycles. The van der Waals surface area contributed by atoms with Crippen LogP contribution in [0.15, 0.2) is 0 Å². The fraction of sp³-hybridized carbons (Fsp3) is 0.750. The van der Waals surface area contributed by atoms with Crippen molar-refractivity contribution in [3.63, 3.8) is 0 Å². The summed E-state index contributed by atoms with van der Waals surface area (Å²) < 4.78 is 10.5. The molecule has 1 atom stereocenters. The maximum atomic E-state index is 5.36. The Balaban J connectivity index is 3.04. The van der Waals surface area contributed by atoms with Crippen LogP contribution in [0.2, 0.25) is 0 Å². The van der Waals surface area contributed by atoms with Gasteiger partial charge < -0.3 is 19.7 Å². The van der Waals surface area contributed by atoms with Crippen LogP contribution in [-0.4, -0.2) is 54.9 Å². The first kappa shape index (κ1) is 15.4. The first-order valence-corrected chi connectivity index (χ1v) is 6.48. The first-order valence-electron chi connectivity index (χ1n) is 6.48. The van der Waals surface area contributed by atoms with Crippen LogP contribution in [0.1, 0.15) is 20.8 Å². The van der Waals surface area contributed by atoms with Gasteiger partial charge in [-0.25, -0.2) is 0 Å². The zero-order valence-electron chi connectivity index (χ0n) is 12.3. The van der Waals surface area contributed by atoms with E-state index in [0.717, 1.165) is 6.54 Å². The maximum Gasteiger partial charge on any atom is 0.323 e. The third-order valence-electron chi connectivity index (χ3n) is 2.64. The van der Waals surface area contributed by atoms with Crippen molar-refractivity contribution in [1.82, 2.24) is 15.0 Å². The molecule has 0 aliphatic rings. The second-order valence-electron chi connectivity index (χ2n) is 4.01. The largest absolute Gasteiger partial charge is 0.464 e. The molecule has 0 fully saturated rings. The highest BCUT2D eigenvalue weighted by atomic mass is 16.5. The number of hydrogen-bond donors (Lipinski definition) is 1. The van der Waals surface area contributed by atoms with E-state index >= 15 is 0 Å². The van der Waals surface area contributed by atoms with Crippen LogP contribution in [0, 0.1) is 0 Å². The maximum absolute atomic E-state index is 5.36. The summed E-state index contributed by atoms with van der Waals surface area (Å²) in [6, 6.07) is 0.511. The number of nitrogens with zero attached hydrogens (tertiary/aromatic N) is 4. The highest BCUT2D eigenvalue weighted by Gasteiger charge is 2.18. The summed E-state index contributed by atoms with van der Waals surface area (Å²) >= 11 is 0. The lowest BCUT2D eigenvalue weighted by Crippen LogP contribution is -2.37. The predicted molar refractivity (Wildman–Crippen MR) is 74.9 cm³/mol. The minimum Gasteiger partial charge on any atom is -0.464 e. The molecule has 1 unspecified atom stereocenters. The third kappa shape index (κ3) is 4.20. The van der Waals surface area contributed by atoms with Gasteiger partial charge in [0.15, 0.2) is 0 Å². The summed E-state index contributed by atoms with van der Waals surface area (Å²) in [5, 5.41) is 2.92. The van der Waals surface area contributed by atoms with E-state index in [4.69, 9.17) is 9.47 Å². The number of likely N-dealkylation sites (N-methyl/N-ethyl adjacent to an activating group) is 1. The summed E-state index contributed by atoms with van der Waals surface area (Å²) in [6.07, 6.45) is 0. The second-order valence-corrected chi connectivity index (χ2v) is 4.01. The van der Waals surface area contributed by atoms with Gasteiger partial charge in [-0.3, -0.25) is 0 Å². The van der Waals surface area contributed by atoms with Crippen LogP contribution < -0.4 is 15.0 Å². The quantitative estimate of drug-likeness (QED) is 0.759. The average molecular weight is 269 g/mol. The lowest BCUT2D eigenvalue weighted by atomic mass is 10.3. The highest BCUT2D eigenvalue weighted by molar-refractivity contribution is 5.38. The van der Waals surface area contributed by atoms with Gasteiger partial charge in [-0.1, -0.05) is 0 Å². The Hall–Kier alpha value is -1.63. The topological polar surface area (TPSA) is 72.4 Å². The van der Waals surface area contributed by atoms with Crippen molar-refractivity contribution in [3.8, 4) is 6.01 Å². The molecule has 1 N–H and O–H groups in total. The van der Waals surface area contributed by atoms with Crippen LogP contribution in [-0.2, 0) is 4.74 Å². The molecule has 0 aromatic carbocycles. The van der Waals surface area contributed by atoms with Gasteiger partial charge in [-0.15, -0.1) is 0 Å². The predicted octanol–water partition coefficient (Wildman–Crippen LogP) is 1.17. The minimum atomic E-state index is 0.177. The SMILES string of the molecule is CCOc1nc(NC)nc(N(CC)C(C)COC)n1. The first-order chi connectivity index (χ1) is 9.15. The molecular formula is C12H23N5O2. The lowest BCUT2D eigenvalue weighted by Gasteiger charge is -2.27. The molecule has 0 radical (unpaired) electrons.